The average molecular weight is 248 g/mol. The van der Waals surface area contributed by atoms with Gasteiger partial charge in [0.25, 0.3) is 5.91 Å². The van der Waals surface area contributed by atoms with E-state index in [-0.39, 0.29) is 27.6 Å². The lowest BCUT2D eigenvalue weighted by Crippen LogP contribution is -2.41. The summed E-state index contributed by atoms with van der Waals surface area (Å²) in [5.41, 5.74) is -0.170. The van der Waals surface area contributed by atoms with E-state index in [0.29, 0.717) is 0 Å². The molecule has 82 valence electrons. The number of halogens is 2. The Morgan fingerprint density at radius 3 is 2.40 bits per heavy atom. The van der Waals surface area contributed by atoms with E-state index in [1.807, 2.05) is 20.8 Å². The van der Waals surface area contributed by atoms with E-state index in [0.717, 1.165) is 0 Å². The van der Waals surface area contributed by atoms with Gasteiger partial charge in [-0.2, -0.15) is 0 Å². The summed E-state index contributed by atoms with van der Waals surface area (Å²) in [6.07, 6.45) is 0. The Morgan fingerprint density at radius 1 is 1.33 bits per heavy atom. The monoisotopic (exact) mass is 247 g/mol. The smallest absolute Gasteiger partial charge is 0.270 e. The van der Waals surface area contributed by atoms with Gasteiger partial charge in [0, 0.05) is 11.6 Å². The van der Waals surface area contributed by atoms with Gasteiger partial charge in [-0.1, -0.05) is 11.6 Å². The lowest BCUT2D eigenvalue weighted by molar-refractivity contribution is 0.0914. The van der Waals surface area contributed by atoms with Gasteiger partial charge in [0.15, 0.2) is 0 Å². The molecule has 1 aromatic heterocycles. The number of aromatic nitrogens is 2. The van der Waals surface area contributed by atoms with Gasteiger partial charge in [-0.05, 0) is 32.4 Å². The summed E-state index contributed by atoms with van der Waals surface area (Å²) < 4.78 is 0. The van der Waals surface area contributed by atoms with Gasteiger partial charge in [-0.15, -0.1) is 0 Å². The number of carbonyl (C=O) groups excluding carboxylic acids is 1. The molecule has 1 amide bonds. The van der Waals surface area contributed by atoms with Crippen molar-refractivity contribution in [3.8, 4) is 0 Å². The maximum absolute atomic E-state index is 11.6. The fraction of sp³-hybridized carbons (Fsp3) is 0.444. The Labute approximate surface area is 98.0 Å². The van der Waals surface area contributed by atoms with Crippen LogP contribution in [0.2, 0.25) is 10.4 Å². The van der Waals surface area contributed by atoms with Crippen LogP contribution in [0.25, 0.3) is 0 Å². The minimum atomic E-state index is -0.332. The summed E-state index contributed by atoms with van der Waals surface area (Å²) in [4.78, 5) is 19.1. The first-order chi connectivity index (χ1) is 6.78. The summed E-state index contributed by atoms with van der Waals surface area (Å²) in [5.74, 6) is -0.325. The molecule has 0 bridgehead atoms. The molecule has 0 radical (unpaired) electrons. The van der Waals surface area contributed by atoms with Crippen LogP contribution < -0.4 is 5.32 Å². The largest absolute Gasteiger partial charge is 0.346 e. The Kier molecular flexibility index (Phi) is 3.52. The van der Waals surface area contributed by atoms with Crippen LogP contribution >= 0.6 is 23.2 Å². The van der Waals surface area contributed by atoms with Crippen molar-refractivity contribution in [1.29, 1.82) is 0 Å². The topological polar surface area (TPSA) is 54.9 Å². The Morgan fingerprint density at radius 2 is 1.93 bits per heavy atom. The maximum Gasteiger partial charge on any atom is 0.270 e. The second kappa shape index (κ2) is 4.33. The van der Waals surface area contributed by atoms with Gasteiger partial charge in [0.05, 0.1) is 0 Å². The quantitative estimate of drug-likeness (QED) is 0.612. The highest BCUT2D eigenvalue weighted by atomic mass is 35.5. The predicted molar refractivity (Wildman–Crippen MR) is 59.3 cm³/mol. The summed E-state index contributed by atoms with van der Waals surface area (Å²) in [6, 6.07) is 1.37. The zero-order valence-electron chi connectivity index (χ0n) is 8.64. The highest BCUT2D eigenvalue weighted by Crippen LogP contribution is 2.11. The minimum absolute atomic E-state index is 0.0402. The van der Waals surface area contributed by atoms with Crippen LogP contribution in [0, 0.1) is 0 Å². The van der Waals surface area contributed by atoms with Gasteiger partial charge >= 0.3 is 0 Å². The number of nitrogens with zero attached hydrogens (tertiary/aromatic N) is 2. The van der Waals surface area contributed by atoms with Crippen molar-refractivity contribution in [3.05, 3.63) is 22.2 Å². The van der Waals surface area contributed by atoms with Crippen LogP contribution in [0.3, 0.4) is 0 Å². The molecule has 0 saturated heterocycles. The van der Waals surface area contributed by atoms with E-state index < -0.39 is 0 Å². The molecule has 15 heavy (non-hydrogen) atoms. The van der Waals surface area contributed by atoms with Crippen LogP contribution in [0.15, 0.2) is 6.07 Å². The first-order valence-corrected chi connectivity index (χ1v) is 5.06. The van der Waals surface area contributed by atoms with Crippen LogP contribution in [0.4, 0.5) is 0 Å². The molecule has 1 heterocycles. The number of amides is 1. The van der Waals surface area contributed by atoms with Gasteiger partial charge in [0.1, 0.15) is 10.8 Å². The summed E-state index contributed by atoms with van der Waals surface area (Å²) in [7, 11) is 0. The van der Waals surface area contributed by atoms with Crippen molar-refractivity contribution >= 4 is 29.1 Å². The normalized spacial score (nSPS) is 11.3. The standard InChI is InChI=1S/C9H11Cl2N3O/c1-9(2,3)14-7(15)5-4-6(10)13-8(11)12-5/h4H,1-3H3,(H,14,15). The zero-order valence-corrected chi connectivity index (χ0v) is 10.1. The Hall–Kier alpha value is -0.870. The third kappa shape index (κ3) is 4.01. The summed E-state index contributed by atoms with van der Waals surface area (Å²) in [6.45, 7) is 5.61. The molecule has 0 aromatic carbocycles. The van der Waals surface area contributed by atoms with E-state index in [9.17, 15) is 4.79 Å². The highest BCUT2D eigenvalue weighted by Gasteiger charge is 2.17. The SMILES string of the molecule is CC(C)(C)NC(=O)c1cc(Cl)nc(Cl)n1. The predicted octanol–water partition coefficient (Wildman–Crippen LogP) is 2.31. The first kappa shape index (κ1) is 12.2. The molecule has 0 aliphatic heterocycles. The van der Waals surface area contributed by atoms with Crippen molar-refractivity contribution in [1.82, 2.24) is 15.3 Å². The van der Waals surface area contributed by atoms with Crippen molar-refractivity contribution in [2.45, 2.75) is 26.3 Å². The van der Waals surface area contributed by atoms with Gasteiger partial charge in [0.2, 0.25) is 5.28 Å². The third-order valence-corrected chi connectivity index (χ3v) is 1.75. The number of rotatable bonds is 1. The highest BCUT2D eigenvalue weighted by molar-refractivity contribution is 6.32. The number of hydrogen-bond acceptors (Lipinski definition) is 3. The first-order valence-electron chi connectivity index (χ1n) is 4.30. The lowest BCUT2D eigenvalue weighted by atomic mass is 10.1. The molecule has 1 aromatic rings. The Bertz CT molecular complexity index is 367. The molecule has 0 saturated carbocycles. The van der Waals surface area contributed by atoms with Crippen LogP contribution in [0.5, 0.6) is 0 Å². The zero-order chi connectivity index (χ0) is 11.6. The molecule has 1 N–H and O–H groups in total. The van der Waals surface area contributed by atoms with E-state index in [4.69, 9.17) is 23.2 Å². The second-order valence-electron chi connectivity index (χ2n) is 4.05. The average Bonchev–Trinajstić information content (AvgIpc) is 1.98. The minimum Gasteiger partial charge on any atom is -0.346 e. The van der Waals surface area contributed by atoms with Crippen LogP contribution in [-0.4, -0.2) is 21.4 Å². The van der Waals surface area contributed by atoms with Gasteiger partial charge in [-0.25, -0.2) is 9.97 Å². The van der Waals surface area contributed by atoms with Crippen LogP contribution in [-0.2, 0) is 0 Å². The van der Waals surface area contributed by atoms with Gasteiger partial charge < -0.3 is 5.32 Å². The molecule has 0 spiro atoms. The lowest BCUT2D eigenvalue weighted by Gasteiger charge is -2.20. The van der Waals surface area contributed by atoms with Crippen molar-refractivity contribution < 1.29 is 4.79 Å². The second-order valence-corrected chi connectivity index (χ2v) is 4.77. The molecular weight excluding hydrogens is 237 g/mol. The summed E-state index contributed by atoms with van der Waals surface area (Å²) in [5, 5.41) is 2.85. The Balaban J connectivity index is 2.92. The van der Waals surface area contributed by atoms with E-state index >= 15 is 0 Å². The fourth-order valence-corrected chi connectivity index (χ4v) is 1.32. The van der Waals surface area contributed by atoms with E-state index in [1.54, 1.807) is 0 Å². The molecular formula is C9H11Cl2N3O. The summed E-state index contributed by atoms with van der Waals surface area (Å²) >= 11 is 11.2. The van der Waals surface area contributed by atoms with Crippen molar-refractivity contribution in [2.24, 2.45) is 0 Å². The molecule has 0 fully saturated rings. The number of hydrogen-bond donors (Lipinski definition) is 1. The number of nitrogens with one attached hydrogen (secondary N) is 1. The van der Waals surface area contributed by atoms with Crippen molar-refractivity contribution in [3.63, 3.8) is 0 Å². The molecule has 0 aliphatic carbocycles. The number of carbonyl (C=O) groups is 1. The molecule has 0 unspecified atom stereocenters. The van der Waals surface area contributed by atoms with E-state index in [2.05, 4.69) is 15.3 Å². The molecule has 0 atom stereocenters. The van der Waals surface area contributed by atoms with Crippen LogP contribution in [0.1, 0.15) is 31.3 Å². The maximum atomic E-state index is 11.6. The molecule has 1 rings (SSSR count). The molecule has 6 heteroatoms. The third-order valence-electron chi connectivity index (χ3n) is 1.39. The van der Waals surface area contributed by atoms with Gasteiger partial charge in [-0.3, -0.25) is 4.79 Å². The molecule has 4 nitrogen and oxygen atoms in total. The fourth-order valence-electron chi connectivity index (χ4n) is 0.911. The molecule has 0 aliphatic rings. The van der Waals surface area contributed by atoms with E-state index in [1.165, 1.54) is 6.07 Å². The van der Waals surface area contributed by atoms with Crippen molar-refractivity contribution in [2.75, 3.05) is 0 Å².